The first-order chi connectivity index (χ1) is 22.8. The molecule has 2 aromatic rings. The van der Waals surface area contributed by atoms with Gasteiger partial charge in [0.2, 0.25) is 5.79 Å². The van der Waals surface area contributed by atoms with Gasteiger partial charge in [-0.3, -0.25) is 4.79 Å². The van der Waals surface area contributed by atoms with E-state index in [1.165, 1.54) is 4.68 Å². The number of carbonyl (C=O) groups excluding carboxylic acids is 1. The van der Waals surface area contributed by atoms with Crippen molar-refractivity contribution in [3.63, 3.8) is 0 Å². The van der Waals surface area contributed by atoms with Crippen molar-refractivity contribution in [2.24, 2.45) is 0 Å². The third-order valence-electron chi connectivity index (χ3n) is 8.90. The van der Waals surface area contributed by atoms with Crippen LogP contribution in [0.15, 0.2) is 36.5 Å². The Hall–Kier alpha value is -2.73. The summed E-state index contributed by atoms with van der Waals surface area (Å²) in [5.41, 5.74) is 0.976. The lowest BCUT2D eigenvalue weighted by molar-refractivity contribution is -0.291. The molecule has 0 aliphatic carbocycles. The van der Waals surface area contributed by atoms with E-state index in [-0.39, 0.29) is 38.2 Å². The van der Waals surface area contributed by atoms with Crippen LogP contribution in [0.2, 0.25) is 0 Å². The number of benzene rings is 1. The van der Waals surface area contributed by atoms with Crippen molar-refractivity contribution in [3.8, 4) is 5.88 Å². The van der Waals surface area contributed by atoms with Crippen LogP contribution in [0, 0.1) is 0 Å². The third-order valence-corrected chi connectivity index (χ3v) is 8.90. The zero-order chi connectivity index (χ0) is 33.9. The fourth-order valence-electron chi connectivity index (χ4n) is 7.13. The summed E-state index contributed by atoms with van der Waals surface area (Å²) in [4.78, 5) is 12.9. The molecule has 0 bridgehead atoms. The fourth-order valence-corrected chi connectivity index (χ4v) is 7.13. The predicted octanol–water partition coefficient (Wildman–Crippen LogP) is 3.01. The van der Waals surface area contributed by atoms with Crippen LogP contribution in [-0.2, 0) is 58.8 Å². The lowest BCUT2D eigenvalue weighted by Crippen LogP contribution is -2.61. The van der Waals surface area contributed by atoms with E-state index in [0.717, 1.165) is 5.56 Å². The minimum Gasteiger partial charge on any atom is -0.470 e. The molecule has 0 N–H and O–H groups in total. The van der Waals surface area contributed by atoms with Crippen molar-refractivity contribution in [2.75, 3.05) is 19.8 Å². The van der Waals surface area contributed by atoms with Gasteiger partial charge in [-0.15, -0.1) is 0 Å². The van der Waals surface area contributed by atoms with E-state index in [2.05, 4.69) is 10.3 Å². The van der Waals surface area contributed by atoms with E-state index in [9.17, 15) is 4.79 Å². The highest BCUT2D eigenvalue weighted by molar-refractivity contribution is 5.70. The molecule has 48 heavy (non-hydrogen) atoms. The Labute approximate surface area is 279 Å². The number of rotatable bonds is 11. The van der Waals surface area contributed by atoms with Gasteiger partial charge in [0.1, 0.15) is 43.2 Å². The van der Waals surface area contributed by atoms with Gasteiger partial charge in [-0.1, -0.05) is 40.6 Å². The molecule has 5 fully saturated rings. The van der Waals surface area contributed by atoms with Crippen LogP contribution in [0.3, 0.4) is 0 Å². The average molecular weight is 676 g/mol. The molecule has 0 amide bonds. The molecular formula is C33H45N3O12. The molecule has 15 nitrogen and oxygen atoms in total. The summed E-state index contributed by atoms with van der Waals surface area (Å²) in [7, 11) is 0. The maximum absolute atomic E-state index is 12.9. The first-order valence-electron chi connectivity index (χ1n) is 16.5. The Bertz CT molecular complexity index is 1450. The second-order valence-electron chi connectivity index (χ2n) is 14.0. The maximum atomic E-state index is 12.9. The van der Waals surface area contributed by atoms with Gasteiger partial charge in [0.05, 0.1) is 38.5 Å². The Morgan fingerprint density at radius 2 is 1.73 bits per heavy atom. The van der Waals surface area contributed by atoms with E-state index in [1.807, 2.05) is 71.9 Å². The number of hydrogen-bond acceptors (Lipinski definition) is 14. The van der Waals surface area contributed by atoms with Gasteiger partial charge in [-0.2, -0.15) is 0 Å². The highest BCUT2D eigenvalue weighted by Crippen LogP contribution is 2.48. The Morgan fingerprint density at radius 3 is 2.50 bits per heavy atom. The number of esters is 1. The first kappa shape index (κ1) is 33.8. The van der Waals surface area contributed by atoms with Gasteiger partial charge < -0.3 is 52.1 Å². The van der Waals surface area contributed by atoms with Gasteiger partial charge in [0.25, 0.3) is 5.88 Å². The molecule has 9 atom stereocenters. The van der Waals surface area contributed by atoms with Crippen LogP contribution in [0.4, 0.5) is 0 Å². The molecule has 0 radical (unpaired) electrons. The standard InChI is InChI=1S/C33H45N3O12/c1-8-38-23(37)14-20(24-26(39-16-19-12-10-9-11-13-19)27-29(42-24)47-31(4,5)45-27)36-15-22(34-35-36)40-18-33-28(46-32(6,7)48-33)25-21(17-41-33)43-30(2,3)44-25/h9-13,15,20-21,24-29H,8,14,16-18H2,1-7H3/t20?,21?,24?,25?,26-,27+,28?,29+,33?/m0/s1. The highest BCUT2D eigenvalue weighted by Gasteiger charge is 2.66. The molecule has 0 saturated carbocycles. The van der Waals surface area contributed by atoms with E-state index in [1.54, 1.807) is 13.1 Å². The van der Waals surface area contributed by atoms with Crippen LogP contribution in [0.5, 0.6) is 5.88 Å². The van der Waals surface area contributed by atoms with E-state index in [4.69, 9.17) is 52.1 Å². The Balaban J connectivity index is 1.11. The van der Waals surface area contributed by atoms with Gasteiger partial charge in [-0.05, 0) is 54.0 Å². The van der Waals surface area contributed by atoms with Crippen LogP contribution in [-0.4, -0.2) is 107 Å². The fraction of sp³-hybridized carbons (Fsp3) is 0.727. The largest absolute Gasteiger partial charge is 0.470 e. The molecule has 5 aliphatic rings. The molecule has 5 saturated heterocycles. The minimum atomic E-state index is -1.29. The molecule has 1 aromatic heterocycles. The normalized spacial score (nSPS) is 36.3. The lowest BCUT2D eigenvalue weighted by Gasteiger charge is -2.40. The zero-order valence-electron chi connectivity index (χ0n) is 28.4. The number of ether oxygens (including phenoxy) is 11. The molecule has 5 aliphatic heterocycles. The topological polar surface area (TPSA) is 149 Å². The Morgan fingerprint density at radius 1 is 0.979 bits per heavy atom. The van der Waals surface area contributed by atoms with E-state index >= 15 is 0 Å². The monoisotopic (exact) mass is 675 g/mol. The van der Waals surface area contributed by atoms with Gasteiger partial charge in [-0.25, -0.2) is 4.68 Å². The molecule has 1 aromatic carbocycles. The summed E-state index contributed by atoms with van der Waals surface area (Å²) in [6.45, 7) is 13.4. The summed E-state index contributed by atoms with van der Waals surface area (Å²) in [6.07, 6.45) is -2.44. The van der Waals surface area contributed by atoms with Gasteiger partial charge in [0, 0.05) is 0 Å². The van der Waals surface area contributed by atoms with Crippen LogP contribution >= 0.6 is 0 Å². The molecule has 0 spiro atoms. The predicted molar refractivity (Wildman–Crippen MR) is 162 cm³/mol. The SMILES string of the molecule is CCOC(=O)CC(C1O[C@@H]2OC(C)(C)O[C@@H]2[C@H]1OCc1ccccc1)n1cc(OCC23OCC4OC(C)(C)OC4C2OC(C)(C)O3)nn1. The average Bonchev–Trinajstić information content (AvgIpc) is 3.80. The van der Waals surface area contributed by atoms with Crippen molar-refractivity contribution in [3.05, 3.63) is 42.1 Å². The smallest absolute Gasteiger partial charge is 0.308 e. The van der Waals surface area contributed by atoms with Gasteiger partial charge >= 0.3 is 5.97 Å². The summed E-state index contributed by atoms with van der Waals surface area (Å²) in [5.74, 6) is -4.17. The van der Waals surface area contributed by atoms with Crippen molar-refractivity contribution in [1.29, 1.82) is 0 Å². The zero-order valence-corrected chi connectivity index (χ0v) is 28.4. The summed E-state index contributed by atoms with van der Waals surface area (Å²) in [5, 5.41) is 8.63. The first-order valence-corrected chi connectivity index (χ1v) is 16.5. The minimum absolute atomic E-state index is 0.0704. The summed E-state index contributed by atoms with van der Waals surface area (Å²) < 4.78 is 69.3. The molecule has 264 valence electrons. The van der Waals surface area contributed by atoms with E-state index < -0.39 is 72.0 Å². The van der Waals surface area contributed by atoms with Crippen LogP contribution in [0.25, 0.3) is 0 Å². The van der Waals surface area contributed by atoms with Crippen molar-refractivity contribution in [2.45, 2.75) is 134 Å². The lowest BCUT2D eigenvalue weighted by atomic mass is 9.97. The number of fused-ring (bicyclic) bond motifs is 4. The summed E-state index contributed by atoms with van der Waals surface area (Å²) in [6, 6.07) is 9.08. The third kappa shape index (κ3) is 6.72. The second kappa shape index (κ2) is 12.5. The van der Waals surface area contributed by atoms with Crippen molar-refractivity contribution >= 4 is 5.97 Å². The number of nitrogens with zero attached hydrogens (tertiary/aromatic N) is 3. The quantitative estimate of drug-likeness (QED) is 0.321. The van der Waals surface area contributed by atoms with Crippen LogP contribution < -0.4 is 4.74 Å². The van der Waals surface area contributed by atoms with Crippen molar-refractivity contribution < 1.29 is 56.9 Å². The molecular weight excluding hydrogens is 630 g/mol. The second-order valence-corrected chi connectivity index (χ2v) is 14.0. The molecule has 6 heterocycles. The van der Waals surface area contributed by atoms with Crippen molar-refractivity contribution in [1.82, 2.24) is 15.0 Å². The number of aromatic nitrogens is 3. The molecule has 7 rings (SSSR count). The summed E-state index contributed by atoms with van der Waals surface area (Å²) >= 11 is 0. The molecule has 6 unspecified atom stereocenters. The molecule has 15 heteroatoms. The maximum Gasteiger partial charge on any atom is 0.308 e. The van der Waals surface area contributed by atoms with Crippen LogP contribution in [0.1, 0.15) is 66.5 Å². The van der Waals surface area contributed by atoms with E-state index in [0.29, 0.717) is 6.61 Å². The van der Waals surface area contributed by atoms with Gasteiger partial charge in [0.15, 0.2) is 23.7 Å². The number of carbonyl (C=O) groups is 1. The Kier molecular flexibility index (Phi) is 8.82. The highest BCUT2D eigenvalue weighted by atomic mass is 16.9. The number of hydrogen-bond donors (Lipinski definition) is 0.